The van der Waals surface area contributed by atoms with E-state index in [4.69, 9.17) is 10.7 Å². The van der Waals surface area contributed by atoms with Gasteiger partial charge in [-0.1, -0.05) is 34.1 Å². The Hall–Kier alpha value is -1.03. The number of hydrogen-bond acceptors (Lipinski definition) is 1. The Labute approximate surface area is 129 Å². The smallest absolute Gasteiger partial charge is 0.191 e. The molecule has 4 heteroatoms. The van der Waals surface area contributed by atoms with Gasteiger partial charge in [0.1, 0.15) is 0 Å². The van der Waals surface area contributed by atoms with Crippen LogP contribution in [0, 0.1) is 0 Å². The number of rotatable bonds is 3. The van der Waals surface area contributed by atoms with Gasteiger partial charge >= 0.3 is 0 Å². The molecule has 0 amide bonds. The highest BCUT2D eigenvalue weighted by Gasteiger charge is 2.45. The summed E-state index contributed by atoms with van der Waals surface area (Å²) in [6, 6.07) is 8.50. The Morgan fingerprint density at radius 2 is 1.90 bits per heavy atom. The Kier molecular flexibility index (Phi) is 4.01. The minimum absolute atomic E-state index is 0.223. The Morgan fingerprint density at radius 3 is 2.55 bits per heavy atom. The maximum atomic E-state index is 6.16. The number of nitrogens with zero attached hydrogens (tertiary/aromatic N) is 2. The highest BCUT2D eigenvalue weighted by molar-refractivity contribution is 9.10. The molecule has 1 aromatic carbocycles. The summed E-state index contributed by atoms with van der Waals surface area (Å²) in [7, 11) is 0. The van der Waals surface area contributed by atoms with Gasteiger partial charge in [0, 0.05) is 23.0 Å². The van der Waals surface area contributed by atoms with Gasteiger partial charge < -0.3 is 10.6 Å². The van der Waals surface area contributed by atoms with Gasteiger partial charge in [0.2, 0.25) is 0 Å². The van der Waals surface area contributed by atoms with E-state index in [2.05, 4.69) is 45.1 Å². The zero-order valence-electron chi connectivity index (χ0n) is 11.8. The molecule has 108 valence electrons. The van der Waals surface area contributed by atoms with Crippen molar-refractivity contribution < 1.29 is 0 Å². The number of benzene rings is 1. The number of piperidine rings is 1. The van der Waals surface area contributed by atoms with Crippen molar-refractivity contribution in [3.8, 4) is 0 Å². The molecule has 3 rings (SSSR count). The monoisotopic (exact) mass is 335 g/mol. The van der Waals surface area contributed by atoms with Crippen molar-refractivity contribution in [3.63, 3.8) is 0 Å². The Morgan fingerprint density at radius 1 is 1.20 bits per heavy atom. The second-order valence-electron chi connectivity index (χ2n) is 5.98. The molecule has 0 bridgehead atoms. The first-order valence-corrected chi connectivity index (χ1v) is 8.30. The van der Waals surface area contributed by atoms with Gasteiger partial charge in [0.25, 0.3) is 0 Å². The lowest BCUT2D eigenvalue weighted by Crippen LogP contribution is -2.41. The number of likely N-dealkylation sites (tertiary alicyclic amines) is 1. The van der Waals surface area contributed by atoms with Gasteiger partial charge in [-0.25, -0.2) is 0 Å². The van der Waals surface area contributed by atoms with Crippen molar-refractivity contribution in [3.05, 3.63) is 34.3 Å². The normalized spacial score (nSPS) is 21.9. The van der Waals surface area contributed by atoms with E-state index in [1.54, 1.807) is 0 Å². The summed E-state index contributed by atoms with van der Waals surface area (Å²) < 4.78 is 1.20. The molecule has 0 radical (unpaired) electrons. The average Bonchev–Trinajstić information content (AvgIpc) is 3.27. The number of hydrogen-bond donors (Lipinski definition) is 1. The van der Waals surface area contributed by atoms with E-state index in [9.17, 15) is 0 Å². The van der Waals surface area contributed by atoms with Crippen molar-refractivity contribution >= 4 is 21.9 Å². The number of nitrogens with two attached hydrogens (primary N) is 1. The topological polar surface area (TPSA) is 41.6 Å². The summed E-state index contributed by atoms with van der Waals surface area (Å²) in [5.74, 6) is 0.739. The predicted octanol–water partition coefficient (Wildman–Crippen LogP) is 3.28. The Balaban J connectivity index is 1.69. The molecule has 2 N–H and O–H groups in total. The fraction of sp³-hybridized carbons (Fsp3) is 0.562. The maximum absolute atomic E-state index is 6.16. The van der Waals surface area contributed by atoms with Crippen LogP contribution in [0.4, 0.5) is 0 Å². The SMILES string of the molecule is NC(=NCC1(c2ccccc2Br)CC1)N1CCCCC1. The van der Waals surface area contributed by atoms with E-state index in [1.807, 2.05) is 0 Å². The quantitative estimate of drug-likeness (QED) is 0.680. The van der Waals surface area contributed by atoms with Crippen LogP contribution in [0.25, 0.3) is 0 Å². The summed E-state index contributed by atoms with van der Waals surface area (Å²) in [6.45, 7) is 2.95. The lowest BCUT2D eigenvalue weighted by molar-refractivity contribution is 0.337. The van der Waals surface area contributed by atoms with Crippen LogP contribution in [-0.4, -0.2) is 30.5 Å². The molecular weight excluding hydrogens is 314 g/mol. The van der Waals surface area contributed by atoms with Crippen molar-refractivity contribution in [2.24, 2.45) is 10.7 Å². The second-order valence-corrected chi connectivity index (χ2v) is 6.84. The fourth-order valence-corrected chi connectivity index (χ4v) is 3.72. The molecule has 20 heavy (non-hydrogen) atoms. The summed E-state index contributed by atoms with van der Waals surface area (Å²) >= 11 is 3.67. The molecule has 1 aromatic rings. The zero-order chi connectivity index (χ0) is 14.0. The molecule has 2 fully saturated rings. The highest BCUT2D eigenvalue weighted by atomic mass is 79.9. The first kappa shape index (κ1) is 13.9. The summed E-state index contributed by atoms with van der Waals surface area (Å²) in [5.41, 5.74) is 7.77. The molecule has 1 aliphatic carbocycles. The standard InChI is InChI=1S/C16H22BrN3/c17-14-7-3-2-6-13(14)16(8-9-16)12-19-15(18)20-10-4-1-5-11-20/h2-3,6-7H,1,4-5,8-12H2,(H2,18,19). The van der Waals surface area contributed by atoms with Crippen molar-refractivity contribution in [1.29, 1.82) is 0 Å². The molecule has 1 saturated carbocycles. The van der Waals surface area contributed by atoms with E-state index < -0.39 is 0 Å². The van der Waals surface area contributed by atoms with E-state index in [-0.39, 0.29) is 5.41 Å². The molecular formula is C16H22BrN3. The third kappa shape index (κ3) is 2.85. The Bertz CT molecular complexity index is 502. The third-order valence-electron chi connectivity index (χ3n) is 4.52. The van der Waals surface area contributed by atoms with Crippen LogP contribution in [-0.2, 0) is 5.41 Å². The molecule has 0 aromatic heterocycles. The molecule has 1 heterocycles. The number of halogens is 1. The van der Waals surface area contributed by atoms with Crippen LogP contribution < -0.4 is 5.73 Å². The maximum Gasteiger partial charge on any atom is 0.191 e. The van der Waals surface area contributed by atoms with Gasteiger partial charge in [-0.05, 0) is 43.7 Å². The predicted molar refractivity (Wildman–Crippen MR) is 87.0 cm³/mol. The molecule has 1 saturated heterocycles. The molecule has 1 aliphatic heterocycles. The van der Waals surface area contributed by atoms with Crippen molar-refractivity contribution in [2.75, 3.05) is 19.6 Å². The summed E-state index contributed by atoms with van der Waals surface area (Å²) in [5, 5.41) is 0. The van der Waals surface area contributed by atoms with Crippen LogP contribution in [0.3, 0.4) is 0 Å². The van der Waals surface area contributed by atoms with Gasteiger partial charge in [0.05, 0.1) is 6.54 Å². The van der Waals surface area contributed by atoms with Crippen LogP contribution in [0.5, 0.6) is 0 Å². The largest absolute Gasteiger partial charge is 0.370 e. The van der Waals surface area contributed by atoms with Crippen molar-refractivity contribution in [2.45, 2.75) is 37.5 Å². The molecule has 3 nitrogen and oxygen atoms in total. The van der Waals surface area contributed by atoms with Crippen LogP contribution in [0.2, 0.25) is 0 Å². The van der Waals surface area contributed by atoms with E-state index in [0.717, 1.165) is 25.6 Å². The van der Waals surface area contributed by atoms with Gasteiger partial charge in [-0.15, -0.1) is 0 Å². The summed E-state index contributed by atoms with van der Waals surface area (Å²) in [6.07, 6.45) is 6.24. The minimum atomic E-state index is 0.223. The van der Waals surface area contributed by atoms with E-state index >= 15 is 0 Å². The van der Waals surface area contributed by atoms with Crippen LogP contribution in [0.15, 0.2) is 33.7 Å². The third-order valence-corrected chi connectivity index (χ3v) is 5.21. The molecule has 0 unspecified atom stereocenters. The first-order chi connectivity index (χ1) is 9.71. The molecule has 2 aliphatic rings. The van der Waals surface area contributed by atoms with Crippen LogP contribution in [0.1, 0.15) is 37.7 Å². The second kappa shape index (κ2) is 5.76. The summed E-state index contributed by atoms with van der Waals surface area (Å²) in [4.78, 5) is 6.93. The first-order valence-electron chi connectivity index (χ1n) is 7.51. The number of guanidine groups is 1. The van der Waals surface area contributed by atoms with Crippen molar-refractivity contribution in [1.82, 2.24) is 4.90 Å². The highest BCUT2D eigenvalue weighted by Crippen LogP contribution is 2.50. The lowest BCUT2D eigenvalue weighted by atomic mass is 9.96. The van der Waals surface area contributed by atoms with Crippen LogP contribution >= 0.6 is 15.9 Å². The molecule has 0 spiro atoms. The van der Waals surface area contributed by atoms with Gasteiger partial charge in [-0.3, -0.25) is 4.99 Å². The zero-order valence-corrected chi connectivity index (χ0v) is 13.4. The number of aliphatic imine (C=N–C) groups is 1. The fourth-order valence-electron chi connectivity index (χ4n) is 3.01. The van der Waals surface area contributed by atoms with E-state index in [1.165, 1.54) is 42.1 Å². The van der Waals surface area contributed by atoms with Gasteiger partial charge in [-0.2, -0.15) is 0 Å². The van der Waals surface area contributed by atoms with Gasteiger partial charge in [0.15, 0.2) is 5.96 Å². The molecule has 0 atom stereocenters. The lowest BCUT2D eigenvalue weighted by Gasteiger charge is -2.28. The van der Waals surface area contributed by atoms with E-state index in [0.29, 0.717) is 0 Å². The minimum Gasteiger partial charge on any atom is -0.370 e. The average molecular weight is 336 g/mol.